The first-order valence-electron chi connectivity index (χ1n) is 27.3. The Kier molecular flexibility index (Phi) is 30.8. The molecule has 4 rings (SSSR count). The number of nitrogens with one attached hydrogen (secondary N) is 1. The molecule has 1 amide bonds. The standard InChI is InChI=1S/C53H100FNO9/c1-2-3-4-5-6-7-8-20-23-26-29-32-35-44(57)47(59)43(39-63-51-50(62)49(61)48(60)45(38-56)64-51)55-46(58)36-33-30-27-24-21-18-16-14-12-10-9-11-13-15-17-19-22-25-28-31-34-37-52-40-53(54,41-52)42-52/h43-45,47-51,56-57,59-62H,2-42H2,1H3,(H,55,58)/t43-,44+,45+,47-,48-,49-,50+,51-,52?,53?/m0/s1. The van der Waals surface area contributed by atoms with Crippen molar-refractivity contribution >= 4 is 5.91 Å². The van der Waals surface area contributed by atoms with Crippen molar-refractivity contribution in [2.75, 3.05) is 13.2 Å². The van der Waals surface area contributed by atoms with Crippen molar-refractivity contribution in [2.24, 2.45) is 5.41 Å². The maximum Gasteiger partial charge on any atom is 0.220 e. The molecule has 1 saturated heterocycles. The van der Waals surface area contributed by atoms with Gasteiger partial charge in [-0.15, -0.1) is 0 Å². The Morgan fingerprint density at radius 2 is 1.02 bits per heavy atom. The van der Waals surface area contributed by atoms with Crippen molar-refractivity contribution in [2.45, 2.75) is 312 Å². The molecular formula is C53H100FNO9. The number of aliphatic hydroxyl groups is 6. The van der Waals surface area contributed by atoms with Crippen molar-refractivity contribution < 1.29 is 49.3 Å². The maximum absolute atomic E-state index is 13.6. The van der Waals surface area contributed by atoms with Crippen LogP contribution in [0.25, 0.3) is 0 Å². The van der Waals surface area contributed by atoms with E-state index in [0.717, 1.165) is 70.6 Å². The summed E-state index contributed by atoms with van der Waals surface area (Å²) in [6.07, 6.45) is 35.8. The average molecular weight is 914 g/mol. The summed E-state index contributed by atoms with van der Waals surface area (Å²) in [4.78, 5) is 13.1. The van der Waals surface area contributed by atoms with Crippen molar-refractivity contribution in [3.05, 3.63) is 0 Å². The minimum atomic E-state index is -1.61. The van der Waals surface area contributed by atoms with Crippen molar-refractivity contribution in [3.8, 4) is 0 Å². The summed E-state index contributed by atoms with van der Waals surface area (Å²) in [6, 6.07) is -0.991. The highest BCUT2D eigenvalue weighted by Crippen LogP contribution is 2.71. The number of halogens is 1. The first-order chi connectivity index (χ1) is 31.0. The van der Waals surface area contributed by atoms with Gasteiger partial charge in [-0.2, -0.15) is 0 Å². The van der Waals surface area contributed by atoms with Crippen molar-refractivity contribution in [1.29, 1.82) is 0 Å². The Bertz CT molecular complexity index is 1130. The number of ether oxygens (including phenoxy) is 2. The van der Waals surface area contributed by atoms with E-state index in [1.165, 1.54) is 167 Å². The van der Waals surface area contributed by atoms with Gasteiger partial charge >= 0.3 is 0 Å². The predicted octanol–water partition coefficient (Wildman–Crippen LogP) is 11.0. The minimum absolute atomic E-state index is 0.258. The van der Waals surface area contributed by atoms with Gasteiger partial charge in [0.05, 0.1) is 25.4 Å². The fraction of sp³-hybridized carbons (Fsp3) is 0.981. The van der Waals surface area contributed by atoms with Crippen LogP contribution in [0.15, 0.2) is 0 Å². The number of unbranched alkanes of at least 4 members (excludes halogenated alkanes) is 31. The molecule has 11 heteroatoms. The van der Waals surface area contributed by atoms with Crippen LogP contribution in [0.4, 0.5) is 4.39 Å². The number of rotatable bonds is 44. The highest BCUT2D eigenvalue weighted by atomic mass is 19.1. The Morgan fingerprint density at radius 3 is 1.44 bits per heavy atom. The van der Waals surface area contributed by atoms with E-state index >= 15 is 0 Å². The van der Waals surface area contributed by atoms with Crippen LogP contribution in [-0.4, -0.2) is 104 Å². The highest BCUT2D eigenvalue weighted by molar-refractivity contribution is 5.76. The quantitative estimate of drug-likeness (QED) is 0.0294. The lowest BCUT2D eigenvalue weighted by atomic mass is 9.41. The fourth-order valence-electron chi connectivity index (χ4n) is 10.8. The zero-order chi connectivity index (χ0) is 46.3. The molecule has 1 heterocycles. The van der Waals surface area contributed by atoms with Gasteiger partial charge in [-0.1, -0.05) is 212 Å². The van der Waals surface area contributed by atoms with E-state index in [1.807, 2.05) is 0 Å². The highest BCUT2D eigenvalue weighted by Gasteiger charge is 2.68. The monoisotopic (exact) mass is 914 g/mol. The first-order valence-corrected chi connectivity index (χ1v) is 27.3. The van der Waals surface area contributed by atoms with Crippen LogP contribution in [-0.2, 0) is 14.3 Å². The van der Waals surface area contributed by atoms with Crippen LogP contribution < -0.4 is 5.32 Å². The van der Waals surface area contributed by atoms with E-state index in [2.05, 4.69) is 12.2 Å². The summed E-state index contributed by atoms with van der Waals surface area (Å²) in [5.41, 5.74) is -0.288. The molecule has 3 aliphatic carbocycles. The molecule has 378 valence electrons. The molecule has 0 unspecified atom stereocenters. The second-order valence-electron chi connectivity index (χ2n) is 21.0. The third-order valence-corrected chi connectivity index (χ3v) is 15.0. The lowest BCUT2D eigenvalue weighted by Gasteiger charge is -2.66. The van der Waals surface area contributed by atoms with Crippen LogP contribution in [0.1, 0.15) is 257 Å². The molecule has 4 aliphatic rings. The smallest absolute Gasteiger partial charge is 0.220 e. The number of hydrogen-bond donors (Lipinski definition) is 7. The zero-order valence-corrected chi connectivity index (χ0v) is 40.9. The Labute approximate surface area is 390 Å². The van der Waals surface area contributed by atoms with Crippen molar-refractivity contribution in [3.63, 3.8) is 0 Å². The van der Waals surface area contributed by atoms with Gasteiger partial charge < -0.3 is 45.4 Å². The van der Waals surface area contributed by atoms with E-state index in [0.29, 0.717) is 11.8 Å². The van der Waals surface area contributed by atoms with Crippen molar-refractivity contribution in [1.82, 2.24) is 5.32 Å². The molecular weight excluding hydrogens is 814 g/mol. The van der Waals surface area contributed by atoms with Gasteiger partial charge in [0.2, 0.25) is 5.91 Å². The topological polar surface area (TPSA) is 169 Å². The zero-order valence-electron chi connectivity index (χ0n) is 40.9. The number of hydrogen-bond acceptors (Lipinski definition) is 9. The van der Waals surface area contributed by atoms with Crippen LogP contribution >= 0.6 is 0 Å². The van der Waals surface area contributed by atoms with E-state index in [9.17, 15) is 39.8 Å². The Balaban J connectivity index is 1.16. The number of carbonyl (C=O) groups is 1. The molecule has 2 bridgehead atoms. The number of aliphatic hydroxyl groups excluding tert-OH is 6. The second-order valence-corrected chi connectivity index (χ2v) is 21.0. The summed E-state index contributed by atoms with van der Waals surface area (Å²) in [7, 11) is 0. The van der Waals surface area contributed by atoms with E-state index in [1.54, 1.807) is 0 Å². The van der Waals surface area contributed by atoms with Crippen LogP contribution in [0, 0.1) is 5.41 Å². The van der Waals surface area contributed by atoms with E-state index in [4.69, 9.17) is 9.47 Å². The minimum Gasteiger partial charge on any atom is -0.394 e. The number of alkyl halides is 1. The molecule has 3 saturated carbocycles. The second kappa shape index (κ2) is 34.4. The summed E-state index contributed by atoms with van der Waals surface area (Å²) < 4.78 is 24.8. The SMILES string of the molecule is CCCCCCCCCCCCCC[C@@H](O)[C@@H](O)[C@H](CO[C@H]1O[C@H](CO)[C@H](O)[C@H](O)[C@H]1O)NC(=O)CCCCCCCCCCCCCCCCCCCCCCCC12CC(F)(C1)C2. The molecule has 0 aromatic heterocycles. The molecule has 7 N–H and O–H groups in total. The fourth-order valence-corrected chi connectivity index (χ4v) is 10.8. The van der Waals surface area contributed by atoms with Gasteiger partial charge in [0.25, 0.3) is 0 Å². The normalized spacial score (nSPS) is 26.6. The molecule has 0 spiro atoms. The molecule has 0 aromatic carbocycles. The lowest BCUT2D eigenvalue weighted by Crippen LogP contribution is -2.64. The summed E-state index contributed by atoms with van der Waals surface area (Å²) in [6.45, 7) is 1.34. The summed E-state index contributed by atoms with van der Waals surface area (Å²) in [5, 5.41) is 65.3. The van der Waals surface area contributed by atoms with Gasteiger partial charge in [-0.25, -0.2) is 4.39 Å². The largest absolute Gasteiger partial charge is 0.394 e. The summed E-state index contributed by atoms with van der Waals surface area (Å²) in [5.74, 6) is -0.258. The van der Waals surface area contributed by atoms with Crippen LogP contribution in [0.3, 0.4) is 0 Å². The molecule has 10 nitrogen and oxygen atoms in total. The van der Waals surface area contributed by atoms with Crippen LogP contribution in [0.5, 0.6) is 0 Å². The summed E-state index contributed by atoms with van der Waals surface area (Å²) >= 11 is 0. The van der Waals surface area contributed by atoms with Gasteiger partial charge in [-0.05, 0) is 43.9 Å². The molecule has 4 fully saturated rings. The van der Waals surface area contributed by atoms with E-state index in [-0.39, 0.29) is 18.9 Å². The molecule has 0 radical (unpaired) electrons. The lowest BCUT2D eigenvalue weighted by molar-refractivity contribution is -0.303. The van der Waals surface area contributed by atoms with Gasteiger partial charge in [0.1, 0.15) is 36.2 Å². The Hall–Kier alpha value is -0.920. The third-order valence-electron chi connectivity index (χ3n) is 15.0. The predicted molar refractivity (Wildman–Crippen MR) is 256 cm³/mol. The van der Waals surface area contributed by atoms with Crippen LogP contribution in [0.2, 0.25) is 0 Å². The van der Waals surface area contributed by atoms with Gasteiger partial charge in [-0.3, -0.25) is 4.79 Å². The number of amides is 1. The third kappa shape index (κ3) is 23.4. The van der Waals surface area contributed by atoms with E-state index < -0.39 is 61.2 Å². The molecule has 1 aliphatic heterocycles. The molecule has 8 atom stereocenters. The average Bonchev–Trinajstić information content (AvgIpc) is 3.26. The molecule has 64 heavy (non-hydrogen) atoms. The van der Waals surface area contributed by atoms with Gasteiger partial charge in [0, 0.05) is 6.42 Å². The Morgan fingerprint density at radius 1 is 0.609 bits per heavy atom. The van der Waals surface area contributed by atoms with Gasteiger partial charge in [0.15, 0.2) is 6.29 Å². The first kappa shape index (κ1) is 57.4. The number of carbonyl (C=O) groups excluding carboxylic acids is 1. The maximum atomic E-state index is 13.6. The molecule has 0 aromatic rings.